The third-order valence-corrected chi connectivity index (χ3v) is 4.13. The summed E-state index contributed by atoms with van der Waals surface area (Å²) in [6, 6.07) is 18.9. The van der Waals surface area contributed by atoms with Crippen molar-refractivity contribution < 1.29 is 19.0 Å². The molecule has 1 amide bonds. The van der Waals surface area contributed by atoms with E-state index >= 15 is 0 Å². The molecule has 0 saturated heterocycles. The molecule has 6 nitrogen and oxygen atoms in total. The Hall–Kier alpha value is -3.54. The van der Waals surface area contributed by atoms with E-state index in [1.54, 1.807) is 25.4 Å². The number of pyridine rings is 1. The van der Waals surface area contributed by atoms with Crippen LogP contribution in [0, 0.1) is 0 Å². The summed E-state index contributed by atoms with van der Waals surface area (Å²) in [5.41, 5.74) is 2.35. The van der Waals surface area contributed by atoms with Crippen LogP contribution in [0.5, 0.6) is 17.4 Å². The number of nitrogens with one attached hydrogen (secondary N) is 1. The highest BCUT2D eigenvalue weighted by molar-refractivity contribution is 5.96. The molecule has 0 bridgehead atoms. The quantitative estimate of drug-likeness (QED) is 0.648. The number of aromatic nitrogens is 1. The summed E-state index contributed by atoms with van der Waals surface area (Å²) in [5.74, 6) is 1.30. The molecule has 0 radical (unpaired) electrons. The predicted molar refractivity (Wildman–Crippen MR) is 106 cm³/mol. The van der Waals surface area contributed by atoms with Gasteiger partial charge in [-0.2, -0.15) is 0 Å². The fraction of sp³-hybridized carbons (Fsp3) is 0.182. The van der Waals surface area contributed by atoms with Crippen LogP contribution in [-0.2, 0) is 13.2 Å². The lowest BCUT2D eigenvalue weighted by atomic mass is 10.2. The number of carbonyl (C=O) groups excluding carboxylic acids is 1. The molecule has 0 fully saturated rings. The zero-order valence-electron chi connectivity index (χ0n) is 15.8. The van der Waals surface area contributed by atoms with Crippen LogP contribution in [0.3, 0.4) is 0 Å². The molecule has 6 heteroatoms. The normalized spacial score (nSPS) is 10.2. The van der Waals surface area contributed by atoms with Crippen LogP contribution in [-0.4, -0.2) is 25.1 Å². The molecule has 3 aromatic rings. The van der Waals surface area contributed by atoms with Gasteiger partial charge in [-0.1, -0.05) is 36.4 Å². The van der Waals surface area contributed by atoms with Crippen molar-refractivity contribution >= 4 is 5.91 Å². The SMILES string of the molecule is COc1cc(CNC(=O)c2cccnc2OC)ccc1OCc1ccccc1. The van der Waals surface area contributed by atoms with Crippen molar-refractivity contribution in [3.63, 3.8) is 0 Å². The van der Waals surface area contributed by atoms with Crippen LogP contribution in [0.15, 0.2) is 66.9 Å². The number of amides is 1. The Bertz CT molecular complexity index is 929. The first-order valence-corrected chi connectivity index (χ1v) is 8.82. The topological polar surface area (TPSA) is 69.7 Å². The molecular weight excluding hydrogens is 356 g/mol. The fourth-order valence-corrected chi connectivity index (χ4v) is 2.68. The van der Waals surface area contributed by atoms with Crippen LogP contribution < -0.4 is 19.5 Å². The Morgan fingerprint density at radius 3 is 2.50 bits per heavy atom. The van der Waals surface area contributed by atoms with E-state index in [-0.39, 0.29) is 5.91 Å². The summed E-state index contributed by atoms with van der Waals surface area (Å²) in [4.78, 5) is 16.4. The molecule has 28 heavy (non-hydrogen) atoms. The number of ether oxygens (including phenoxy) is 3. The Morgan fingerprint density at radius 2 is 1.75 bits per heavy atom. The summed E-state index contributed by atoms with van der Waals surface area (Å²) in [6.45, 7) is 0.792. The highest BCUT2D eigenvalue weighted by Crippen LogP contribution is 2.29. The van der Waals surface area contributed by atoms with Gasteiger partial charge in [0.25, 0.3) is 5.91 Å². The number of methoxy groups -OCH3 is 2. The van der Waals surface area contributed by atoms with Crippen molar-refractivity contribution in [3.8, 4) is 17.4 Å². The number of hydrogen-bond donors (Lipinski definition) is 1. The Labute approximate surface area is 164 Å². The highest BCUT2D eigenvalue weighted by Gasteiger charge is 2.13. The summed E-state index contributed by atoms with van der Waals surface area (Å²) >= 11 is 0. The molecule has 1 N–H and O–H groups in total. The van der Waals surface area contributed by atoms with E-state index in [1.807, 2.05) is 48.5 Å². The first kappa shape index (κ1) is 19.2. The molecule has 1 aromatic heterocycles. The van der Waals surface area contributed by atoms with Crippen molar-refractivity contribution in [1.29, 1.82) is 0 Å². The van der Waals surface area contributed by atoms with Crippen molar-refractivity contribution in [3.05, 3.63) is 83.6 Å². The van der Waals surface area contributed by atoms with Crippen LogP contribution in [0.4, 0.5) is 0 Å². The maximum atomic E-state index is 12.4. The number of rotatable bonds is 8. The van der Waals surface area contributed by atoms with E-state index in [9.17, 15) is 4.79 Å². The number of nitrogens with zero attached hydrogens (tertiary/aromatic N) is 1. The van der Waals surface area contributed by atoms with Crippen molar-refractivity contribution in [2.75, 3.05) is 14.2 Å². The van der Waals surface area contributed by atoms with Crippen LogP contribution in [0.2, 0.25) is 0 Å². The van der Waals surface area contributed by atoms with Crippen LogP contribution in [0.25, 0.3) is 0 Å². The van der Waals surface area contributed by atoms with E-state index in [0.717, 1.165) is 11.1 Å². The average Bonchev–Trinajstić information content (AvgIpc) is 2.76. The second-order valence-electron chi connectivity index (χ2n) is 6.00. The summed E-state index contributed by atoms with van der Waals surface area (Å²) in [7, 11) is 3.08. The summed E-state index contributed by atoms with van der Waals surface area (Å²) in [6.07, 6.45) is 1.58. The standard InChI is InChI=1S/C22H22N2O4/c1-26-20-13-17(10-11-19(20)28-15-16-7-4-3-5-8-16)14-24-21(25)18-9-6-12-23-22(18)27-2/h3-13H,14-15H2,1-2H3,(H,24,25). The first-order chi connectivity index (χ1) is 13.7. The third kappa shape index (κ3) is 4.79. The molecule has 0 saturated carbocycles. The molecule has 0 aliphatic rings. The van der Waals surface area contributed by atoms with Gasteiger partial charge in [0.2, 0.25) is 5.88 Å². The van der Waals surface area contributed by atoms with E-state index in [1.165, 1.54) is 7.11 Å². The molecule has 2 aromatic carbocycles. The van der Waals surface area contributed by atoms with Crippen molar-refractivity contribution in [1.82, 2.24) is 10.3 Å². The van der Waals surface area contributed by atoms with Gasteiger partial charge in [0.05, 0.1) is 14.2 Å². The summed E-state index contributed by atoms with van der Waals surface area (Å²) < 4.78 is 16.4. The molecule has 3 rings (SSSR count). The number of hydrogen-bond acceptors (Lipinski definition) is 5. The molecule has 0 aliphatic carbocycles. The lowest BCUT2D eigenvalue weighted by molar-refractivity contribution is 0.0947. The van der Waals surface area contributed by atoms with Gasteiger partial charge in [0, 0.05) is 12.7 Å². The van der Waals surface area contributed by atoms with E-state index in [2.05, 4.69) is 10.3 Å². The van der Waals surface area contributed by atoms with Crippen molar-refractivity contribution in [2.45, 2.75) is 13.2 Å². The maximum Gasteiger partial charge on any atom is 0.257 e. The zero-order chi connectivity index (χ0) is 19.8. The molecule has 0 atom stereocenters. The highest BCUT2D eigenvalue weighted by atomic mass is 16.5. The summed E-state index contributed by atoms with van der Waals surface area (Å²) in [5, 5.41) is 2.86. The number of carbonyl (C=O) groups is 1. The van der Waals surface area contributed by atoms with E-state index in [4.69, 9.17) is 14.2 Å². The van der Waals surface area contributed by atoms with Crippen LogP contribution in [0.1, 0.15) is 21.5 Å². The second kappa shape index (κ2) is 9.41. The minimum atomic E-state index is -0.256. The Balaban J connectivity index is 1.64. The predicted octanol–water partition coefficient (Wildman–Crippen LogP) is 3.61. The maximum absolute atomic E-state index is 12.4. The Morgan fingerprint density at radius 1 is 0.929 bits per heavy atom. The monoisotopic (exact) mass is 378 g/mol. The van der Waals surface area contributed by atoms with Gasteiger partial charge in [0.1, 0.15) is 12.2 Å². The fourth-order valence-electron chi connectivity index (χ4n) is 2.68. The van der Waals surface area contributed by atoms with E-state index in [0.29, 0.717) is 36.1 Å². The van der Waals surface area contributed by atoms with Gasteiger partial charge in [0.15, 0.2) is 11.5 Å². The van der Waals surface area contributed by atoms with Gasteiger partial charge in [-0.05, 0) is 35.4 Å². The minimum Gasteiger partial charge on any atom is -0.493 e. The Kier molecular flexibility index (Phi) is 6.46. The lowest BCUT2D eigenvalue weighted by Crippen LogP contribution is -2.23. The smallest absolute Gasteiger partial charge is 0.257 e. The van der Waals surface area contributed by atoms with Crippen LogP contribution >= 0.6 is 0 Å². The third-order valence-electron chi connectivity index (χ3n) is 4.13. The van der Waals surface area contributed by atoms with Gasteiger partial charge < -0.3 is 19.5 Å². The van der Waals surface area contributed by atoms with Gasteiger partial charge in [-0.25, -0.2) is 4.98 Å². The van der Waals surface area contributed by atoms with Gasteiger partial charge in [-0.3, -0.25) is 4.79 Å². The molecule has 1 heterocycles. The van der Waals surface area contributed by atoms with Crippen molar-refractivity contribution in [2.24, 2.45) is 0 Å². The average molecular weight is 378 g/mol. The van der Waals surface area contributed by atoms with E-state index < -0.39 is 0 Å². The molecular formula is C22H22N2O4. The lowest BCUT2D eigenvalue weighted by Gasteiger charge is -2.13. The van der Waals surface area contributed by atoms with Gasteiger partial charge in [-0.15, -0.1) is 0 Å². The first-order valence-electron chi connectivity index (χ1n) is 8.82. The second-order valence-corrected chi connectivity index (χ2v) is 6.00. The van der Waals surface area contributed by atoms with Gasteiger partial charge >= 0.3 is 0 Å². The zero-order valence-corrected chi connectivity index (χ0v) is 15.8. The molecule has 0 unspecified atom stereocenters. The number of benzene rings is 2. The molecule has 0 aliphatic heterocycles. The largest absolute Gasteiger partial charge is 0.493 e. The minimum absolute atomic E-state index is 0.256. The molecule has 0 spiro atoms. The molecule has 144 valence electrons.